The summed E-state index contributed by atoms with van der Waals surface area (Å²) in [5, 5.41) is 11.8. The van der Waals surface area contributed by atoms with Gasteiger partial charge in [-0.15, -0.1) is 11.3 Å². The lowest BCUT2D eigenvalue weighted by molar-refractivity contribution is 0.290. The number of rotatable bonds is 2. The lowest BCUT2D eigenvalue weighted by Gasteiger charge is -1.92. The van der Waals surface area contributed by atoms with E-state index in [9.17, 15) is 0 Å². The smallest absolute Gasteiger partial charge is 0.121 e. The first kappa shape index (κ1) is 10.2. The number of aliphatic hydroxyl groups excluding tert-OH is 1. The third kappa shape index (κ3) is 2.35. The fraction of sp³-hybridized carbons (Fsp3) is 0.250. The van der Waals surface area contributed by atoms with Crippen LogP contribution in [0.4, 0.5) is 0 Å². The Morgan fingerprint density at radius 1 is 1.40 bits per heavy atom. The summed E-state index contributed by atoms with van der Waals surface area (Å²) in [6.07, 6.45) is 3.24. The van der Waals surface area contributed by atoms with E-state index in [0.717, 1.165) is 23.9 Å². The van der Waals surface area contributed by atoms with Gasteiger partial charge in [-0.3, -0.25) is 0 Å². The monoisotopic (exact) mass is 217 g/mol. The number of hydrogen-bond donors (Lipinski definition) is 1. The second-order valence-electron chi connectivity index (χ2n) is 3.12. The van der Waals surface area contributed by atoms with Crippen LogP contribution in [0.25, 0.3) is 10.1 Å². The molecule has 15 heavy (non-hydrogen) atoms. The van der Waals surface area contributed by atoms with Crippen LogP contribution in [0.3, 0.4) is 0 Å². The van der Waals surface area contributed by atoms with Crippen LogP contribution in [0, 0.1) is 11.8 Å². The van der Waals surface area contributed by atoms with E-state index in [1.54, 1.807) is 17.5 Å². The van der Waals surface area contributed by atoms with E-state index in [1.165, 1.54) is 4.70 Å². The van der Waals surface area contributed by atoms with E-state index in [2.05, 4.69) is 16.8 Å². The highest BCUT2D eigenvalue weighted by molar-refractivity contribution is 7.17. The van der Waals surface area contributed by atoms with E-state index in [-0.39, 0.29) is 6.61 Å². The second kappa shape index (κ2) is 4.92. The fourth-order valence-corrected chi connectivity index (χ4v) is 2.09. The summed E-state index contributed by atoms with van der Waals surface area (Å²) in [4.78, 5) is 4.25. The minimum atomic E-state index is 0.199. The van der Waals surface area contributed by atoms with Crippen LogP contribution < -0.4 is 0 Å². The summed E-state index contributed by atoms with van der Waals surface area (Å²) in [6.45, 7) is 0.199. The largest absolute Gasteiger partial charge is 0.396 e. The summed E-state index contributed by atoms with van der Waals surface area (Å²) >= 11 is 1.70. The third-order valence-electron chi connectivity index (χ3n) is 2.05. The quantitative estimate of drug-likeness (QED) is 0.619. The molecule has 2 aromatic heterocycles. The zero-order chi connectivity index (χ0) is 10.5. The molecule has 2 rings (SSSR count). The van der Waals surface area contributed by atoms with Crippen molar-refractivity contribution in [2.45, 2.75) is 12.8 Å². The molecule has 0 aliphatic carbocycles. The van der Waals surface area contributed by atoms with Crippen molar-refractivity contribution >= 4 is 21.4 Å². The van der Waals surface area contributed by atoms with Crippen LogP contribution in [-0.2, 0) is 0 Å². The molecule has 0 saturated carbocycles. The van der Waals surface area contributed by atoms with Crippen molar-refractivity contribution in [3.63, 3.8) is 0 Å². The molecule has 2 aromatic rings. The van der Waals surface area contributed by atoms with Crippen molar-refractivity contribution in [1.29, 1.82) is 0 Å². The van der Waals surface area contributed by atoms with E-state index >= 15 is 0 Å². The number of pyridine rings is 1. The normalized spacial score (nSPS) is 9.93. The van der Waals surface area contributed by atoms with Crippen LogP contribution in [0.2, 0.25) is 0 Å². The summed E-state index contributed by atoms with van der Waals surface area (Å²) in [7, 11) is 0. The van der Waals surface area contributed by atoms with Crippen LogP contribution in [0.15, 0.2) is 23.7 Å². The van der Waals surface area contributed by atoms with Crippen molar-refractivity contribution in [2.75, 3.05) is 6.61 Å². The van der Waals surface area contributed by atoms with Gasteiger partial charge < -0.3 is 5.11 Å². The highest BCUT2D eigenvalue weighted by Crippen LogP contribution is 2.21. The molecule has 0 aliphatic rings. The Labute approximate surface area is 92.6 Å². The van der Waals surface area contributed by atoms with Gasteiger partial charge in [-0.1, -0.05) is 5.92 Å². The molecule has 0 saturated heterocycles. The first-order valence-corrected chi connectivity index (χ1v) is 5.72. The first-order valence-electron chi connectivity index (χ1n) is 4.84. The van der Waals surface area contributed by atoms with Gasteiger partial charge in [0.25, 0.3) is 0 Å². The second-order valence-corrected chi connectivity index (χ2v) is 4.07. The fourth-order valence-electron chi connectivity index (χ4n) is 1.31. The Morgan fingerprint density at radius 2 is 2.33 bits per heavy atom. The molecule has 0 atom stereocenters. The summed E-state index contributed by atoms with van der Waals surface area (Å²) < 4.78 is 1.22. The molecular weight excluding hydrogens is 206 g/mol. The van der Waals surface area contributed by atoms with Gasteiger partial charge >= 0.3 is 0 Å². The predicted molar refractivity (Wildman–Crippen MR) is 62.8 cm³/mol. The predicted octanol–water partition coefficient (Wildman–Crippen LogP) is 2.42. The maximum absolute atomic E-state index is 8.62. The van der Waals surface area contributed by atoms with Crippen molar-refractivity contribution in [3.05, 3.63) is 29.4 Å². The number of fused-ring (bicyclic) bond motifs is 1. The lowest BCUT2D eigenvalue weighted by Crippen LogP contribution is -1.82. The minimum absolute atomic E-state index is 0.199. The minimum Gasteiger partial charge on any atom is -0.396 e. The van der Waals surface area contributed by atoms with Gasteiger partial charge in [-0.25, -0.2) is 4.98 Å². The SMILES string of the molecule is OCCCC#Cc1nccc2sccc12. The van der Waals surface area contributed by atoms with Crippen molar-refractivity contribution in [2.24, 2.45) is 0 Å². The third-order valence-corrected chi connectivity index (χ3v) is 2.93. The van der Waals surface area contributed by atoms with Crippen LogP contribution in [0.1, 0.15) is 18.5 Å². The molecule has 76 valence electrons. The number of unbranched alkanes of at least 4 members (excludes halogenated alkanes) is 1. The molecule has 0 unspecified atom stereocenters. The van der Waals surface area contributed by atoms with Gasteiger partial charge in [0.15, 0.2) is 0 Å². The molecule has 0 spiro atoms. The Bertz CT molecular complexity index is 507. The maximum Gasteiger partial charge on any atom is 0.121 e. The highest BCUT2D eigenvalue weighted by atomic mass is 32.1. The lowest BCUT2D eigenvalue weighted by atomic mass is 10.2. The molecule has 0 aromatic carbocycles. The average Bonchev–Trinajstić information content (AvgIpc) is 2.73. The number of nitrogens with zero attached hydrogens (tertiary/aromatic N) is 1. The van der Waals surface area contributed by atoms with E-state index in [4.69, 9.17) is 5.11 Å². The van der Waals surface area contributed by atoms with Gasteiger partial charge in [0, 0.05) is 29.3 Å². The Hall–Kier alpha value is -1.37. The zero-order valence-corrected chi connectivity index (χ0v) is 9.05. The van der Waals surface area contributed by atoms with Gasteiger partial charge in [0.1, 0.15) is 5.69 Å². The average molecular weight is 217 g/mol. The highest BCUT2D eigenvalue weighted by Gasteiger charge is 1.99. The van der Waals surface area contributed by atoms with Gasteiger partial charge in [0.05, 0.1) is 0 Å². The van der Waals surface area contributed by atoms with Crippen LogP contribution in [-0.4, -0.2) is 16.7 Å². The summed E-state index contributed by atoms with van der Waals surface area (Å²) in [6, 6.07) is 4.04. The molecule has 2 nitrogen and oxygen atoms in total. The molecule has 1 N–H and O–H groups in total. The van der Waals surface area contributed by atoms with Gasteiger partial charge in [-0.05, 0) is 29.9 Å². The van der Waals surface area contributed by atoms with Crippen molar-refractivity contribution in [1.82, 2.24) is 4.98 Å². The maximum atomic E-state index is 8.62. The van der Waals surface area contributed by atoms with Gasteiger partial charge in [0.2, 0.25) is 0 Å². The van der Waals surface area contributed by atoms with Crippen molar-refractivity contribution < 1.29 is 5.11 Å². The first-order chi connectivity index (χ1) is 7.42. The molecule has 0 amide bonds. The topological polar surface area (TPSA) is 33.1 Å². The number of hydrogen-bond acceptors (Lipinski definition) is 3. The van der Waals surface area contributed by atoms with E-state index in [1.807, 2.05) is 17.5 Å². The van der Waals surface area contributed by atoms with Gasteiger partial charge in [-0.2, -0.15) is 0 Å². The molecule has 0 aliphatic heterocycles. The Balaban J connectivity index is 2.26. The number of aromatic nitrogens is 1. The molecule has 0 fully saturated rings. The Morgan fingerprint density at radius 3 is 3.20 bits per heavy atom. The summed E-state index contributed by atoms with van der Waals surface area (Å²) in [5.74, 6) is 6.06. The molecule has 0 radical (unpaired) electrons. The number of aliphatic hydroxyl groups is 1. The van der Waals surface area contributed by atoms with Crippen LogP contribution >= 0.6 is 11.3 Å². The van der Waals surface area contributed by atoms with Crippen molar-refractivity contribution in [3.8, 4) is 11.8 Å². The van der Waals surface area contributed by atoms with Crippen LogP contribution in [0.5, 0.6) is 0 Å². The Kier molecular flexibility index (Phi) is 3.33. The zero-order valence-electron chi connectivity index (χ0n) is 8.23. The molecule has 2 heterocycles. The molecular formula is C12H11NOS. The van der Waals surface area contributed by atoms with E-state index < -0.39 is 0 Å². The van der Waals surface area contributed by atoms with E-state index in [0.29, 0.717) is 0 Å². The molecule has 3 heteroatoms. The number of thiophene rings is 1. The molecule has 0 bridgehead atoms. The summed E-state index contributed by atoms with van der Waals surface area (Å²) in [5.41, 5.74) is 0.840. The standard InChI is InChI=1S/C12H11NOS/c14-8-3-1-2-4-11-10-6-9-15-12(10)5-7-13-11/h5-7,9,14H,1,3,8H2.